The van der Waals surface area contributed by atoms with Crippen molar-refractivity contribution in [3.05, 3.63) is 29.3 Å². The molecule has 0 bridgehead atoms. The van der Waals surface area contributed by atoms with Crippen molar-refractivity contribution in [1.82, 2.24) is 4.90 Å². The Morgan fingerprint density at radius 1 is 1.40 bits per heavy atom. The minimum absolute atomic E-state index is 0.0420. The van der Waals surface area contributed by atoms with Crippen molar-refractivity contribution >= 4 is 5.91 Å². The molecule has 0 aliphatic carbocycles. The van der Waals surface area contributed by atoms with Crippen molar-refractivity contribution in [2.45, 2.75) is 25.9 Å². The van der Waals surface area contributed by atoms with Gasteiger partial charge in [-0.2, -0.15) is 0 Å². The predicted octanol–water partition coefficient (Wildman–Crippen LogP) is 0.851. The first kappa shape index (κ1) is 14.8. The van der Waals surface area contributed by atoms with E-state index in [1.165, 1.54) is 5.56 Å². The second-order valence-corrected chi connectivity index (χ2v) is 5.30. The molecule has 0 aromatic heterocycles. The number of piperidine rings is 1. The van der Waals surface area contributed by atoms with Crippen LogP contribution in [0.1, 0.15) is 24.0 Å². The van der Waals surface area contributed by atoms with Crippen LogP contribution in [0.2, 0.25) is 0 Å². The second-order valence-electron chi connectivity index (χ2n) is 5.30. The van der Waals surface area contributed by atoms with Gasteiger partial charge in [0.15, 0.2) is 0 Å². The Bertz CT molecular complexity index is 468. The fourth-order valence-corrected chi connectivity index (χ4v) is 2.69. The maximum absolute atomic E-state index is 11.1. The summed E-state index contributed by atoms with van der Waals surface area (Å²) in [6.07, 6.45) is 1.71. The molecule has 5 heteroatoms. The van der Waals surface area contributed by atoms with Crippen molar-refractivity contribution in [2.75, 3.05) is 20.2 Å². The van der Waals surface area contributed by atoms with Gasteiger partial charge in [0.1, 0.15) is 5.75 Å². The van der Waals surface area contributed by atoms with Gasteiger partial charge in [0, 0.05) is 24.6 Å². The highest BCUT2D eigenvalue weighted by atomic mass is 16.5. The molecule has 110 valence electrons. The Morgan fingerprint density at radius 2 is 2.10 bits per heavy atom. The largest absolute Gasteiger partial charge is 0.496 e. The highest BCUT2D eigenvalue weighted by Crippen LogP contribution is 2.23. The molecule has 1 aliphatic rings. The molecule has 1 aliphatic heterocycles. The molecule has 4 N–H and O–H groups in total. The van der Waals surface area contributed by atoms with Crippen LogP contribution in [-0.4, -0.2) is 31.0 Å². The summed E-state index contributed by atoms with van der Waals surface area (Å²) < 4.78 is 5.35. The summed E-state index contributed by atoms with van der Waals surface area (Å²) in [7, 11) is 1.66. The van der Waals surface area contributed by atoms with E-state index in [0.29, 0.717) is 6.54 Å². The van der Waals surface area contributed by atoms with E-state index in [4.69, 9.17) is 16.2 Å². The average Bonchev–Trinajstić information content (AvgIpc) is 2.47. The molecule has 1 heterocycles. The van der Waals surface area contributed by atoms with Crippen molar-refractivity contribution in [3.63, 3.8) is 0 Å². The Kier molecular flexibility index (Phi) is 4.98. The van der Waals surface area contributed by atoms with Crippen LogP contribution in [0.25, 0.3) is 0 Å². The van der Waals surface area contributed by atoms with E-state index >= 15 is 0 Å². The van der Waals surface area contributed by atoms with Gasteiger partial charge >= 0.3 is 0 Å². The van der Waals surface area contributed by atoms with Crippen LogP contribution in [0.15, 0.2) is 18.2 Å². The fourth-order valence-electron chi connectivity index (χ4n) is 2.69. The van der Waals surface area contributed by atoms with Crippen LogP contribution in [-0.2, 0) is 17.9 Å². The topological polar surface area (TPSA) is 81.6 Å². The minimum Gasteiger partial charge on any atom is -0.496 e. The lowest BCUT2D eigenvalue weighted by Gasteiger charge is -2.30. The molecule has 1 amide bonds. The van der Waals surface area contributed by atoms with Crippen molar-refractivity contribution in [3.8, 4) is 5.75 Å². The first-order chi connectivity index (χ1) is 9.63. The molecule has 1 fully saturated rings. The molecule has 5 nitrogen and oxygen atoms in total. The van der Waals surface area contributed by atoms with E-state index in [2.05, 4.69) is 11.0 Å². The van der Waals surface area contributed by atoms with Gasteiger partial charge in [-0.05, 0) is 37.6 Å². The zero-order valence-corrected chi connectivity index (χ0v) is 12.0. The number of rotatable bonds is 5. The molecular formula is C15H23N3O2. The molecule has 1 aromatic carbocycles. The lowest BCUT2D eigenvalue weighted by Crippen LogP contribution is -2.38. The molecule has 20 heavy (non-hydrogen) atoms. The number of amides is 1. The van der Waals surface area contributed by atoms with Crippen molar-refractivity contribution in [1.29, 1.82) is 0 Å². The summed E-state index contributed by atoms with van der Waals surface area (Å²) in [6.45, 7) is 3.17. The third kappa shape index (κ3) is 3.49. The van der Waals surface area contributed by atoms with Crippen molar-refractivity contribution < 1.29 is 9.53 Å². The van der Waals surface area contributed by atoms with Gasteiger partial charge in [-0.15, -0.1) is 0 Å². The summed E-state index contributed by atoms with van der Waals surface area (Å²) in [5, 5.41) is 0. The summed E-state index contributed by atoms with van der Waals surface area (Å²) >= 11 is 0. The van der Waals surface area contributed by atoms with Crippen molar-refractivity contribution in [2.24, 2.45) is 17.4 Å². The Hall–Kier alpha value is -1.59. The molecule has 1 saturated heterocycles. The van der Waals surface area contributed by atoms with Crippen LogP contribution < -0.4 is 16.2 Å². The predicted molar refractivity (Wildman–Crippen MR) is 78.1 cm³/mol. The highest BCUT2D eigenvalue weighted by molar-refractivity contribution is 5.76. The quantitative estimate of drug-likeness (QED) is 0.836. The molecule has 0 atom stereocenters. The highest BCUT2D eigenvalue weighted by Gasteiger charge is 2.23. The van der Waals surface area contributed by atoms with Gasteiger partial charge in [0.25, 0.3) is 0 Å². The first-order valence-corrected chi connectivity index (χ1v) is 7.01. The number of hydrogen-bond donors (Lipinski definition) is 2. The third-order valence-electron chi connectivity index (χ3n) is 3.97. The number of benzene rings is 1. The van der Waals surface area contributed by atoms with Gasteiger partial charge in [-0.25, -0.2) is 0 Å². The maximum atomic E-state index is 11.1. The first-order valence-electron chi connectivity index (χ1n) is 7.01. The Balaban J connectivity index is 1.96. The monoisotopic (exact) mass is 277 g/mol. The summed E-state index contributed by atoms with van der Waals surface area (Å²) in [5.41, 5.74) is 13.2. The standard InChI is InChI=1S/C15H23N3O2/c1-20-14-8-11(2-3-13(14)9-16)10-18-6-4-12(5-7-18)15(17)19/h2-3,8,12H,4-7,9-10,16H2,1H3,(H2,17,19). The molecule has 1 aromatic rings. The minimum atomic E-state index is -0.168. The Morgan fingerprint density at radius 3 is 2.65 bits per heavy atom. The number of ether oxygens (including phenoxy) is 1. The Labute approximate surface area is 119 Å². The van der Waals surface area contributed by atoms with Gasteiger partial charge in [0.2, 0.25) is 5.91 Å². The fraction of sp³-hybridized carbons (Fsp3) is 0.533. The summed E-state index contributed by atoms with van der Waals surface area (Å²) in [5.74, 6) is 0.719. The molecular weight excluding hydrogens is 254 g/mol. The van der Waals surface area contributed by atoms with Crippen LogP contribution >= 0.6 is 0 Å². The second kappa shape index (κ2) is 6.72. The summed E-state index contributed by atoms with van der Waals surface area (Å²) in [6, 6.07) is 6.15. The van der Waals surface area contributed by atoms with E-state index in [-0.39, 0.29) is 11.8 Å². The summed E-state index contributed by atoms with van der Waals surface area (Å²) in [4.78, 5) is 13.5. The molecule has 2 rings (SSSR count). The SMILES string of the molecule is COc1cc(CN2CCC(C(N)=O)CC2)ccc1CN. The van der Waals surface area contributed by atoms with E-state index in [1.807, 2.05) is 12.1 Å². The normalized spacial score (nSPS) is 17.1. The maximum Gasteiger partial charge on any atom is 0.220 e. The number of carbonyl (C=O) groups excluding carboxylic acids is 1. The van der Waals surface area contributed by atoms with Crippen LogP contribution in [0.4, 0.5) is 0 Å². The van der Waals surface area contributed by atoms with Crippen LogP contribution in [0, 0.1) is 5.92 Å². The van der Waals surface area contributed by atoms with Gasteiger partial charge in [0.05, 0.1) is 7.11 Å². The van der Waals surface area contributed by atoms with E-state index in [1.54, 1.807) is 7.11 Å². The number of likely N-dealkylation sites (tertiary alicyclic amines) is 1. The average molecular weight is 277 g/mol. The number of nitrogens with two attached hydrogens (primary N) is 2. The number of primary amides is 1. The molecule has 0 radical (unpaired) electrons. The zero-order chi connectivity index (χ0) is 14.5. The van der Waals surface area contributed by atoms with Crippen LogP contribution in [0.3, 0.4) is 0 Å². The number of carbonyl (C=O) groups is 1. The van der Waals surface area contributed by atoms with Gasteiger partial charge < -0.3 is 16.2 Å². The lowest BCUT2D eigenvalue weighted by atomic mass is 9.96. The molecule has 0 unspecified atom stereocenters. The molecule has 0 saturated carbocycles. The number of methoxy groups -OCH3 is 1. The van der Waals surface area contributed by atoms with E-state index < -0.39 is 0 Å². The van der Waals surface area contributed by atoms with E-state index in [9.17, 15) is 4.79 Å². The zero-order valence-electron chi connectivity index (χ0n) is 12.0. The van der Waals surface area contributed by atoms with Gasteiger partial charge in [-0.3, -0.25) is 9.69 Å². The number of nitrogens with zero attached hydrogens (tertiary/aromatic N) is 1. The van der Waals surface area contributed by atoms with E-state index in [0.717, 1.165) is 43.8 Å². The van der Waals surface area contributed by atoms with Gasteiger partial charge in [-0.1, -0.05) is 12.1 Å². The molecule has 0 spiro atoms. The third-order valence-corrected chi connectivity index (χ3v) is 3.97. The smallest absolute Gasteiger partial charge is 0.220 e. The van der Waals surface area contributed by atoms with Crippen LogP contribution in [0.5, 0.6) is 5.75 Å². The lowest BCUT2D eigenvalue weighted by molar-refractivity contribution is -0.123. The number of hydrogen-bond acceptors (Lipinski definition) is 4.